The molecule has 2 fully saturated rings. The molecule has 0 bridgehead atoms. The van der Waals surface area contributed by atoms with E-state index in [1.165, 1.54) is 7.11 Å². The number of nitrogens with zero attached hydrogens (tertiary/aromatic N) is 2. The number of methoxy groups -OCH3 is 1. The summed E-state index contributed by atoms with van der Waals surface area (Å²) >= 11 is 3.56. The molecule has 0 aliphatic carbocycles. The number of rotatable bonds is 8. The fourth-order valence-electron chi connectivity index (χ4n) is 5.08. The van der Waals surface area contributed by atoms with Gasteiger partial charge in [0.05, 0.1) is 31.5 Å². The molecule has 4 rings (SSSR count). The zero-order valence-electron chi connectivity index (χ0n) is 20.6. The van der Waals surface area contributed by atoms with Gasteiger partial charge in [-0.25, -0.2) is 4.79 Å². The van der Waals surface area contributed by atoms with Crippen LogP contribution >= 0.6 is 15.9 Å². The summed E-state index contributed by atoms with van der Waals surface area (Å²) in [4.78, 5) is 29.0. The van der Waals surface area contributed by atoms with Gasteiger partial charge in [-0.15, -0.1) is 0 Å². The average Bonchev–Trinajstić information content (AvgIpc) is 3.18. The minimum absolute atomic E-state index is 0.0141. The van der Waals surface area contributed by atoms with Crippen molar-refractivity contribution in [2.24, 2.45) is 5.41 Å². The number of benzene rings is 2. The summed E-state index contributed by atoms with van der Waals surface area (Å²) in [6.07, 6.45) is 2.48. The lowest BCUT2D eigenvalue weighted by molar-refractivity contribution is -0.118. The van der Waals surface area contributed by atoms with E-state index in [9.17, 15) is 9.59 Å². The first-order chi connectivity index (χ1) is 16.9. The minimum atomic E-state index is -0.376. The predicted octanol–water partition coefficient (Wildman–Crippen LogP) is 5.05. The van der Waals surface area contributed by atoms with Gasteiger partial charge >= 0.3 is 5.97 Å². The standard InChI is InChI=1S/C27H33BrN2O5/c1-4-34-23-14-20(28)15-24(35-5-2)22(23)17-29-12-10-27(11-13-29)16-25(31)30(18-27)21-8-6-19(7-9-21)26(32)33-3/h6-9,14-15H,4-5,10-13,16-18H2,1-3H3. The second-order valence-corrected chi connectivity index (χ2v) is 10.1. The number of carbonyl (C=O) groups excluding carboxylic acids is 2. The largest absolute Gasteiger partial charge is 0.493 e. The van der Waals surface area contributed by atoms with E-state index in [1.54, 1.807) is 12.1 Å². The Morgan fingerprint density at radius 2 is 1.63 bits per heavy atom. The maximum atomic E-state index is 12.9. The molecule has 2 aromatic rings. The second kappa shape index (κ2) is 11.0. The Bertz CT molecular complexity index is 1040. The molecule has 2 saturated heterocycles. The first-order valence-electron chi connectivity index (χ1n) is 12.2. The number of halogens is 1. The van der Waals surface area contributed by atoms with Crippen LogP contribution in [0.5, 0.6) is 11.5 Å². The van der Waals surface area contributed by atoms with Gasteiger partial charge in [0.1, 0.15) is 11.5 Å². The van der Waals surface area contributed by atoms with Crippen LogP contribution in [0.3, 0.4) is 0 Å². The van der Waals surface area contributed by atoms with Gasteiger partial charge in [0, 0.05) is 29.7 Å². The molecule has 188 valence electrons. The molecular formula is C27H33BrN2O5. The maximum absolute atomic E-state index is 12.9. The van der Waals surface area contributed by atoms with Crippen molar-refractivity contribution in [2.75, 3.05) is 44.9 Å². The molecule has 0 atom stereocenters. The summed E-state index contributed by atoms with van der Waals surface area (Å²) in [5.74, 6) is 1.47. The molecule has 1 spiro atoms. The summed E-state index contributed by atoms with van der Waals surface area (Å²) < 4.78 is 17.6. The number of anilines is 1. The van der Waals surface area contributed by atoms with Crippen LogP contribution in [0.25, 0.3) is 0 Å². The van der Waals surface area contributed by atoms with Crippen LogP contribution in [-0.2, 0) is 16.1 Å². The van der Waals surface area contributed by atoms with Crippen molar-refractivity contribution in [3.05, 3.63) is 52.0 Å². The Morgan fingerprint density at radius 1 is 1.03 bits per heavy atom. The van der Waals surface area contributed by atoms with Crippen molar-refractivity contribution in [3.63, 3.8) is 0 Å². The molecule has 35 heavy (non-hydrogen) atoms. The third-order valence-electron chi connectivity index (χ3n) is 6.95. The Labute approximate surface area is 215 Å². The quantitative estimate of drug-likeness (QED) is 0.433. The first kappa shape index (κ1) is 25.5. The number of likely N-dealkylation sites (tertiary alicyclic amines) is 1. The SMILES string of the molecule is CCOc1cc(Br)cc(OCC)c1CN1CCC2(CC1)CC(=O)N(c1ccc(C(=O)OC)cc1)C2. The van der Waals surface area contributed by atoms with Crippen molar-refractivity contribution in [2.45, 2.75) is 39.7 Å². The zero-order chi connectivity index (χ0) is 25.0. The second-order valence-electron chi connectivity index (χ2n) is 9.22. The highest BCUT2D eigenvalue weighted by atomic mass is 79.9. The van der Waals surface area contributed by atoms with Crippen LogP contribution in [0.1, 0.15) is 49.0 Å². The molecule has 1 amide bonds. The number of hydrogen-bond donors (Lipinski definition) is 0. The number of esters is 1. The number of carbonyl (C=O) groups is 2. The van der Waals surface area contributed by atoms with Gasteiger partial charge in [0.25, 0.3) is 0 Å². The van der Waals surface area contributed by atoms with E-state index in [4.69, 9.17) is 14.2 Å². The Hall–Kier alpha value is -2.58. The molecule has 2 aliphatic heterocycles. The molecule has 0 radical (unpaired) electrons. The number of piperidine rings is 1. The highest BCUT2D eigenvalue weighted by Gasteiger charge is 2.45. The van der Waals surface area contributed by atoms with E-state index < -0.39 is 0 Å². The van der Waals surface area contributed by atoms with Gasteiger partial charge in [-0.05, 0) is 81.6 Å². The van der Waals surface area contributed by atoms with E-state index in [2.05, 4.69) is 20.8 Å². The predicted molar refractivity (Wildman–Crippen MR) is 138 cm³/mol. The first-order valence-corrected chi connectivity index (χ1v) is 13.0. The topological polar surface area (TPSA) is 68.3 Å². The van der Waals surface area contributed by atoms with Crippen LogP contribution in [-0.4, -0.2) is 56.7 Å². The van der Waals surface area contributed by atoms with Crippen molar-refractivity contribution in [1.29, 1.82) is 0 Å². The highest BCUT2D eigenvalue weighted by Crippen LogP contribution is 2.43. The minimum Gasteiger partial charge on any atom is -0.493 e. The van der Waals surface area contributed by atoms with E-state index in [0.29, 0.717) is 31.7 Å². The fraction of sp³-hybridized carbons (Fsp3) is 0.481. The van der Waals surface area contributed by atoms with Gasteiger partial charge in [-0.1, -0.05) is 15.9 Å². The Balaban J connectivity index is 1.43. The van der Waals surface area contributed by atoms with Crippen LogP contribution in [0, 0.1) is 5.41 Å². The molecule has 0 unspecified atom stereocenters. The monoisotopic (exact) mass is 544 g/mol. The summed E-state index contributed by atoms with van der Waals surface area (Å²) in [5, 5.41) is 0. The lowest BCUT2D eigenvalue weighted by Gasteiger charge is -2.39. The van der Waals surface area contributed by atoms with Crippen molar-refractivity contribution >= 4 is 33.5 Å². The van der Waals surface area contributed by atoms with Crippen LogP contribution in [0.2, 0.25) is 0 Å². The number of ether oxygens (including phenoxy) is 3. The van der Waals surface area contributed by atoms with Gasteiger partial charge in [0.15, 0.2) is 0 Å². The van der Waals surface area contributed by atoms with E-state index in [0.717, 1.165) is 59.7 Å². The smallest absolute Gasteiger partial charge is 0.337 e. The van der Waals surface area contributed by atoms with Gasteiger partial charge in [0.2, 0.25) is 5.91 Å². The average molecular weight is 545 g/mol. The molecule has 2 aliphatic rings. The van der Waals surface area contributed by atoms with Crippen LogP contribution < -0.4 is 14.4 Å². The summed E-state index contributed by atoms with van der Waals surface area (Å²) in [6.45, 7) is 8.45. The molecule has 0 aromatic heterocycles. The molecular weight excluding hydrogens is 512 g/mol. The lowest BCUT2D eigenvalue weighted by Crippen LogP contribution is -2.41. The number of hydrogen-bond acceptors (Lipinski definition) is 6. The van der Waals surface area contributed by atoms with Gasteiger partial charge in [-0.2, -0.15) is 0 Å². The summed E-state index contributed by atoms with van der Waals surface area (Å²) in [5.41, 5.74) is 2.37. The molecule has 0 saturated carbocycles. The fourth-order valence-corrected chi connectivity index (χ4v) is 5.50. The third-order valence-corrected chi connectivity index (χ3v) is 7.41. The van der Waals surface area contributed by atoms with Crippen molar-refractivity contribution in [1.82, 2.24) is 4.90 Å². The molecule has 8 heteroatoms. The zero-order valence-corrected chi connectivity index (χ0v) is 22.2. The van der Waals surface area contributed by atoms with E-state index in [-0.39, 0.29) is 17.3 Å². The third kappa shape index (κ3) is 5.64. The molecule has 0 N–H and O–H groups in total. The summed E-state index contributed by atoms with van der Waals surface area (Å²) in [6, 6.07) is 11.1. The highest BCUT2D eigenvalue weighted by molar-refractivity contribution is 9.10. The van der Waals surface area contributed by atoms with Gasteiger partial charge in [-0.3, -0.25) is 9.69 Å². The molecule has 2 aromatic carbocycles. The summed E-state index contributed by atoms with van der Waals surface area (Å²) in [7, 11) is 1.36. The Morgan fingerprint density at radius 3 is 2.17 bits per heavy atom. The normalized spacial score (nSPS) is 17.6. The van der Waals surface area contributed by atoms with E-state index >= 15 is 0 Å². The van der Waals surface area contributed by atoms with E-state index in [1.807, 2.05) is 43.0 Å². The van der Waals surface area contributed by atoms with Crippen molar-refractivity contribution in [3.8, 4) is 11.5 Å². The van der Waals surface area contributed by atoms with Crippen LogP contribution in [0.4, 0.5) is 5.69 Å². The maximum Gasteiger partial charge on any atom is 0.337 e. The lowest BCUT2D eigenvalue weighted by atomic mass is 9.77. The van der Waals surface area contributed by atoms with Crippen LogP contribution in [0.15, 0.2) is 40.9 Å². The van der Waals surface area contributed by atoms with Crippen molar-refractivity contribution < 1.29 is 23.8 Å². The number of amides is 1. The molecule has 7 nitrogen and oxygen atoms in total. The van der Waals surface area contributed by atoms with Gasteiger partial charge < -0.3 is 19.1 Å². The molecule has 2 heterocycles. The Kier molecular flexibility index (Phi) is 8.02.